The molecule has 2 aromatic heterocycles. The number of nitrogens with one attached hydrogen (secondary N) is 1. The molecule has 12 heteroatoms. The molecular weight excluding hydrogens is 390 g/mol. The van der Waals surface area contributed by atoms with Crippen molar-refractivity contribution in [1.29, 1.82) is 0 Å². The first-order valence-electron chi connectivity index (χ1n) is 6.83. The van der Waals surface area contributed by atoms with Crippen LogP contribution in [0.15, 0.2) is 23.0 Å². The Morgan fingerprint density at radius 2 is 1.77 bits per heavy atom. The smallest absolute Gasteiger partial charge is 0.302 e. The molecule has 0 saturated carbocycles. The Kier molecular flexibility index (Phi) is 4.02. The zero-order chi connectivity index (χ0) is 19.4. The van der Waals surface area contributed by atoms with E-state index in [-0.39, 0.29) is 21.8 Å². The molecule has 3 aromatic rings. The van der Waals surface area contributed by atoms with Crippen molar-refractivity contribution in [2.45, 2.75) is 19.3 Å². The monoisotopic (exact) mass is 396 g/mol. The maximum absolute atomic E-state index is 12.9. The Morgan fingerprint density at radius 1 is 1.12 bits per heavy atom. The van der Waals surface area contributed by atoms with Gasteiger partial charge in [0.1, 0.15) is 5.39 Å². The molecule has 0 amide bonds. The zero-order valence-electron chi connectivity index (χ0n) is 12.6. The molecule has 1 aromatic carbocycles. The molecule has 5 nitrogen and oxygen atoms in total. The largest absolute Gasteiger partial charge is 0.449 e. The maximum Gasteiger partial charge on any atom is 0.449 e. The third-order valence-corrected chi connectivity index (χ3v) is 3.80. The van der Waals surface area contributed by atoms with Gasteiger partial charge in [-0.2, -0.15) is 31.4 Å². The third kappa shape index (κ3) is 3.02. The van der Waals surface area contributed by atoms with Gasteiger partial charge in [-0.1, -0.05) is 11.6 Å². The second-order valence-corrected chi connectivity index (χ2v) is 5.68. The highest BCUT2D eigenvalue weighted by molar-refractivity contribution is 6.32. The molecule has 0 saturated heterocycles. The second-order valence-electron chi connectivity index (χ2n) is 5.27. The van der Waals surface area contributed by atoms with E-state index in [0.717, 1.165) is 6.07 Å². The first-order chi connectivity index (χ1) is 11.9. The lowest BCUT2D eigenvalue weighted by molar-refractivity contribution is -0.145. The van der Waals surface area contributed by atoms with E-state index in [4.69, 9.17) is 11.6 Å². The van der Waals surface area contributed by atoms with Crippen LogP contribution in [0.1, 0.15) is 17.1 Å². The van der Waals surface area contributed by atoms with E-state index in [9.17, 15) is 31.1 Å². The summed E-state index contributed by atoms with van der Waals surface area (Å²) < 4.78 is 78.2. The van der Waals surface area contributed by atoms with Crippen LogP contribution in [0.25, 0.3) is 16.7 Å². The molecule has 0 aliphatic heterocycles. The summed E-state index contributed by atoms with van der Waals surface area (Å²) in [5.74, 6) is -1.60. The number of alkyl halides is 6. The van der Waals surface area contributed by atoms with Gasteiger partial charge >= 0.3 is 12.4 Å². The van der Waals surface area contributed by atoms with Crippen molar-refractivity contribution in [1.82, 2.24) is 19.7 Å². The summed E-state index contributed by atoms with van der Waals surface area (Å²) in [6.45, 7) is 1.31. The zero-order valence-corrected chi connectivity index (χ0v) is 13.4. The molecule has 0 aliphatic rings. The van der Waals surface area contributed by atoms with Crippen molar-refractivity contribution < 1.29 is 26.3 Å². The van der Waals surface area contributed by atoms with Gasteiger partial charge in [0.15, 0.2) is 5.65 Å². The van der Waals surface area contributed by atoms with E-state index in [1.807, 2.05) is 0 Å². The lowest BCUT2D eigenvalue weighted by Gasteiger charge is -2.11. The van der Waals surface area contributed by atoms with E-state index in [1.54, 1.807) is 4.98 Å². The highest BCUT2D eigenvalue weighted by atomic mass is 35.5. The number of aromatic amines is 1. The first kappa shape index (κ1) is 18.2. The third-order valence-electron chi connectivity index (χ3n) is 3.48. The minimum atomic E-state index is -4.96. The van der Waals surface area contributed by atoms with Crippen LogP contribution in [-0.4, -0.2) is 19.7 Å². The van der Waals surface area contributed by atoms with Crippen molar-refractivity contribution in [3.8, 4) is 5.69 Å². The molecule has 0 aliphatic carbocycles. The highest BCUT2D eigenvalue weighted by Gasteiger charge is 2.36. The number of rotatable bonds is 1. The van der Waals surface area contributed by atoms with Gasteiger partial charge < -0.3 is 4.98 Å². The predicted octanol–water partition coefficient (Wildman–Crippen LogP) is 4.11. The number of aromatic nitrogens is 4. The minimum absolute atomic E-state index is 0.0176. The minimum Gasteiger partial charge on any atom is -0.302 e. The molecule has 0 bridgehead atoms. The van der Waals surface area contributed by atoms with Gasteiger partial charge in [-0.3, -0.25) is 4.79 Å². The molecule has 0 spiro atoms. The second kappa shape index (κ2) is 5.73. The van der Waals surface area contributed by atoms with Gasteiger partial charge in [0.25, 0.3) is 5.56 Å². The Balaban J connectivity index is 2.37. The highest BCUT2D eigenvalue weighted by Crippen LogP contribution is 2.34. The van der Waals surface area contributed by atoms with E-state index in [2.05, 4.69) is 10.1 Å². The molecule has 0 fully saturated rings. The molecule has 0 unspecified atom stereocenters. The topological polar surface area (TPSA) is 63.6 Å². The van der Waals surface area contributed by atoms with Crippen molar-refractivity contribution in [3.63, 3.8) is 0 Å². The molecule has 0 atom stereocenters. The quantitative estimate of drug-likeness (QED) is 0.630. The van der Waals surface area contributed by atoms with Crippen molar-refractivity contribution in [2.75, 3.05) is 0 Å². The fraction of sp³-hybridized carbons (Fsp3) is 0.214. The molecule has 26 heavy (non-hydrogen) atoms. The number of hydrogen-bond donors (Lipinski definition) is 1. The Bertz CT molecular complexity index is 1070. The number of hydrogen-bond acceptors (Lipinski definition) is 3. The average molecular weight is 397 g/mol. The van der Waals surface area contributed by atoms with E-state index in [0.29, 0.717) is 16.8 Å². The van der Waals surface area contributed by atoms with E-state index < -0.39 is 34.9 Å². The van der Waals surface area contributed by atoms with Gasteiger partial charge in [-0.25, -0.2) is 9.67 Å². The summed E-state index contributed by atoms with van der Waals surface area (Å²) in [4.78, 5) is 16.9. The van der Waals surface area contributed by atoms with Gasteiger partial charge in [0, 0.05) is 0 Å². The first-order valence-corrected chi connectivity index (χ1v) is 7.21. The van der Waals surface area contributed by atoms with Crippen LogP contribution >= 0.6 is 11.6 Å². The summed E-state index contributed by atoms with van der Waals surface area (Å²) in [5.41, 5.74) is -3.13. The van der Waals surface area contributed by atoms with Crippen LogP contribution in [0, 0.1) is 6.92 Å². The summed E-state index contributed by atoms with van der Waals surface area (Å²) >= 11 is 5.90. The number of nitrogens with zero attached hydrogens (tertiary/aromatic N) is 3. The van der Waals surface area contributed by atoms with Crippen LogP contribution < -0.4 is 5.56 Å². The average Bonchev–Trinajstić information content (AvgIpc) is 2.83. The number of fused-ring (bicyclic) bond motifs is 1. The molecule has 2 heterocycles. The summed E-state index contributed by atoms with van der Waals surface area (Å²) in [5, 5.41) is 3.35. The normalized spacial score (nSPS) is 12.8. The van der Waals surface area contributed by atoms with Crippen LogP contribution in [0.2, 0.25) is 5.02 Å². The van der Waals surface area contributed by atoms with Gasteiger partial charge in [-0.15, -0.1) is 0 Å². The lowest BCUT2D eigenvalue weighted by atomic mass is 10.2. The molecule has 1 N–H and O–H groups in total. The van der Waals surface area contributed by atoms with Crippen LogP contribution in [0.5, 0.6) is 0 Å². The van der Waals surface area contributed by atoms with Crippen molar-refractivity contribution in [2.24, 2.45) is 0 Å². The Hall–Kier alpha value is -2.56. The molecule has 3 rings (SSSR count). The van der Waals surface area contributed by atoms with Gasteiger partial charge in [0.2, 0.25) is 5.82 Å². The summed E-state index contributed by atoms with van der Waals surface area (Å²) in [6, 6.07) is 2.26. The summed E-state index contributed by atoms with van der Waals surface area (Å²) in [6.07, 6.45) is -9.67. The van der Waals surface area contributed by atoms with Crippen LogP contribution in [0.3, 0.4) is 0 Å². The molecule has 0 radical (unpaired) electrons. The van der Waals surface area contributed by atoms with Gasteiger partial charge in [0.05, 0.1) is 22.0 Å². The van der Waals surface area contributed by atoms with E-state index >= 15 is 0 Å². The Morgan fingerprint density at radius 3 is 2.35 bits per heavy atom. The van der Waals surface area contributed by atoms with E-state index in [1.165, 1.54) is 6.92 Å². The predicted molar refractivity (Wildman–Crippen MR) is 79.2 cm³/mol. The number of benzene rings is 1. The number of halogens is 7. The standard InChI is InChI=1S/C14H7ClF6N4O/c1-5-9-10(22-12(14(19,20)21)23-11(9)26)25(24-5)8-4-6(13(16,17)18)2-3-7(8)15/h2-4H,1H3,(H,22,23,26). The number of aryl methyl sites for hydroxylation is 1. The fourth-order valence-corrected chi connectivity index (χ4v) is 2.54. The lowest BCUT2D eigenvalue weighted by Crippen LogP contribution is -2.19. The maximum atomic E-state index is 12.9. The molecule has 138 valence electrons. The van der Waals surface area contributed by atoms with Gasteiger partial charge in [-0.05, 0) is 25.1 Å². The number of H-pyrrole nitrogens is 1. The molecular formula is C14H7ClF6N4O. The summed E-state index contributed by atoms with van der Waals surface area (Å²) in [7, 11) is 0. The van der Waals surface area contributed by atoms with Crippen molar-refractivity contribution in [3.05, 3.63) is 50.7 Å². The van der Waals surface area contributed by atoms with Crippen molar-refractivity contribution >= 4 is 22.6 Å². The SMILES string of the molecule is Cc1nn(-c2cc(C(F)(F)F)ccc2Cl)c2nc(C(F)(F)F)[nH]c(=O)c12. The Labute approximate surface area is 145 Å². The van der Waals surface area contributed by atoms with Crippen LogP contribution in [0.4, 0.5) is 26.3 Å². The fourth-order valence-electron chi connectivity index (χ4n) is 2.34. The van der Waals surface area contributed by atoms with Crippen LogP contribution in [-0.2, 0) is 12.4 Å².